The molecule has 0 aliphatic carbocycles. The number of ketones is 2. The van der Waals surface area contributed by atoms with Crippen LogP contribution in [0.4, 0.5) is 0 Å². The second-order valence-corrected chi connectivity index (χ2v) is 6.02. The van der Waals surface area contributed by atoms with Crippen molar-refractivity contribution in [2.45, 2.75) is 51.0 Å². The summed E-state index contributed by atoms with van der Waals surface area (Å²) in [4.78, 5) is 41.5. The van der Waals surface area contributed by atoms with Crippen molar-refractivity contribution in [1.29, 1.82) is 0 Å². The molecule has 140 valence electrons. The number of hydrogen-bond acceptors (Lipinski definition) is 6. The van der Waals surface area contributed by atoms with E-state index in [9.17, 15) is 14.4 Å². The topological polar surface area (TPSA) is 127 Å². The summed E-state index contributed by atoms with van der Waals surface area (Å²) < 4.78 is 4.77. The van der Waals surface area contributed by atoms with Gasteiger partial charge in [-0.3, -0.25) is 19.7 Å². The molecule has 0 saturated carbocycles. The maximum atomic E-state index is 11.9. The number of primary amides is 1. The van der Waals surface area contributed by atoms with E-state index < -0.39 is 11.9 Å². The Kier molecular flexibility index (Phi) is 10.3. The molecule has 0 bridgehead atoms. The third-order valence-corrected chi connectivity index (χ3v) is 3.87. The summed E-state index contributed by atoms with van der Waals surface area (Å²) in [5.74, 6) is -0.363. The number of H-pyrrole nitrogens is 1. The highest BCUT2D eigenvalue weighted by Gasteiger charge is 2.15. The van der Waals surface area contributed by atoms with Crippen LogP contribution in [0.3, 0.4) is 0 Å². The molecule has 1 amide bonds. The molecule has 1 aromatic heterocycles. The minimum atomic E-state index is -0.522. The highest BCUT2D eigenvalue weighted by atomic mass is 16.5. The molecule has 0 saturated heterocycles. The van der Waals surface area contributed by atoms with Crippen LogP contribution in [0.5, 0.6) is 0 Å². The zero-order chi connectivity index (χ0) is 18.5. The minimum Gasteiger partial charge on any atom is -0.377 e. The van der Waals surface area contributed by atoms with E-state index in [-0.39, 0.29) is 24.7 Å². The van der Waals surface area contributed by atoms with Crippen LogP contribution in [0.15, 0.2) is 12.5 Å². The number of carbonyl (C=O) groups excluding carboxylic acids is 3. The number of methoxy groups -OCH3 is 1. The number of unbranched alkanes of at least 4 members (excludes halogenated alkanes) is 2. The maximum absolute atomic E-state index is 11.9. The van der Waals surface area contributed by atoms with Gasteiger partial charge in [0.25, 0.3) is 0 Å². The molecule has 8 nitrogen and oxygen atoms in total. The van der Waals surface area contributed by atoms with Crippen LogP contribution in [-0.2, 0) is 25.5 Å². The third kappa shape index (κ3) is 9.73. The van der Waals surface area contributed by atoms with Gasteiger partial charge >= 0.3 is 0 Å². The van der Waals surface area contributed by atoms with Gasteiger partial charge in [0.2, 0.25) is 5.91 Å². The number of ether oxygens (including phenoxy) is 1. The summed E-state index contributed by atoms with van der Waals surface area (Å²) in [5, 5.41) is 2.93. The van der Waals surface area contributed by atoms with Crippen molar-refractivity contribution in [1.82, 2.24) is 15.3 Å². The molecule has 1 heterocycles. The Labute approximate surface area is 147 Å². The van der Waals surface area contributed by atoms with Crippen LogP contribution in [0.25, 0.3) is 0 Å². The molecule has 0 unspecified atom stereocenters. The molecule has 0 aliphatic heterocycles. The lowest BCUT2D eigenvalue weighted by molar-refractivity contribution is -0.123. The summed E-state index contributed by atoms with van der Waals surface area (Å²) in [7, 11) is 1.50. The van der Waals surface area contributed by atoms with E-state index in [0.29, 0.717) is 25.7 Å². The molecule has 0 fully saturated rings. The van der Waals surface area contributed by atoms with Gasteiger partial charge in [0.15, 0.2) is 5.78 Å². The second kappa shape index (κ2) is 12.3. The first-order valence-corrected chi connectivity index (χ1v) is 8.55. The van der Waals surface area contributed by atoms with E-state index in [0.717, 1.165) is 25.0 Å². The molecule has 8 heteroatoms. The molecular formula is C17H28N4O4. The molecule has 25 heavy (non-hydrogen) atoms. The van der Waals surface area contributed by atoms with Crippen molar-refractivity contribution >= 4 is 17.5 Å². The normalized spacial score (nSPS) is 12.0. The van der Waals surface area contributed by atoms with Crippen LogP contribution in [0.2, 0.25) is 0 Å². The van der Waals surface area contributed by atoms with Crippen LogP contribution < -0.4 is 11.1 Å². The quantitative estimate of drug-likeness (QED) is 0.395. The largest absolute Gasteiger partial charge is 0.377 e. The predicted molar refractivity (Wildman–Crippen MR) is 92.9 cm³/mol. The molecule has 1 atom stereocenters. The second-order valence-electron chi connectivity index (χ2n) is 6.02. The van der Waals surface area contributed by atoms with Gasteiger partial charge in [-0.2, -0.15) is 0 Å². The third-order valence-electron chi connectivity index (χ3n) is 3.87. The predicted octanol–water partition coefficient (Wildman–Crippen LogP) is 0.521. The van der Waals surface area contributed by atoms with E-state index in [2.05, 4.69) is 15.3 Å². The van der Waals surface area contributed by atoms with Crippen LogP contribution in [0.1, 0.15) is 44.2 Å². The summed E-state index contributed by atoms with van der Waals surface area (Å²) in [5.41, 5.74) is 6.29. The first-order chi connectivity index (χ1) is 12.0. The van der Waals surface area contributed by atoms with Gasteiger partial charge in [-0.25, -0.2) is 4.98 Å². The van der Waals surface area contributed by atoms with E-state index >= 15 is 0 Å². The lowest BCUT2D eigenvalue weighted by atomic mass is 10.1. The molecular weight excluding hydrogens is 324 g/mol. The Hall–Kier alpha value is -2.06. The number of hydrogen-bond donors (Lipinski definition) is 3. The Balaban J connectivity index is 2.17. The fourth-order valence-corrected chi connectivity index (χ4v) is 2.45. The zero-order valence-corrected chi connectivity index (χ0v) is 14.8. The number of Topliss-reactive ketones (excluding diaryl/α,β-unsaturated/α-hetero) is 2. The minimum absolute atomic E-state index is 0.0195. The van der Waals surface area contributed by atoms with Gasteiger partial charge in [-0.1, -0.05) is 12.8 Å². The monoisotopic (exact) mass is 352 g/mol. The molecule has 4 N–H and O–H groups in total. The number of nitrogens with two attached hydrogens (primary N) is 1. The number of carbonyl (C=O) groups is 3. The van der Waals surface area contributed by atoms with Gasteiger partial charge in [-0.15, -0.1) is 0 Å². The Morgan fingerprint density at radius 1 is 1.24 bits per heavy atom. The lowest BCUT2D eigenvalue weighted by Crippen LogP contribution is -2.43. The molecule has 1 aromatic rings. The van der Waals surface area contributed by atoms with Crippen LogP contribution >= 0.6 is 0 Å². The SMILES string of the molecule is COCC(=O)CCCCC[C@H](NCC(=O)CCc1cnc[nH]1)C(N)=O. The van der Waals surface area contributed by atoms with Crippen molar-refractivity contribution in [3.05, 3.63) is 18.2 Å². The maximum Gasteiger partial charge on any atom is 0.234 e. The number of imidazole rings is 1. The number of aromatic amines is 1. The Bertz CT molecular complexity index is 531. The first kappa shape index (κ1) is 21.0. The average Bonchev–Trinajstić information content (AvgIpc) is 3.08. The molecule has 0 aromatic carbocycles. The molecule has 0 aliphatic rings. The van der Waals surface area contributed by atoms with Gasteiger partial charge in [0, 0.05) is 31.8 Å². The van der Waals surface area contributed by atoms with Crippen molar-refractivity contribution < 1.29 is 19.1 Å². The Morgan fingerprint density at radius 2 is 2.04 bits per heavy atom. The summed E-state index contributed by atoms with van der Waals surface area (Å²) >= 11 is 0. The number of aromatic nitrogens is 2. The van der Waals surface area contributed by atoms with Gasteiger partial charge < -0.3 is 15.5 Å². The van der Waals surface area contributed by atoms with E-state index in [4.69, 9.17) is 10.5 Å². The van der Waals surface area contributed by atoms with Crippen LogP contribution in [-0.4, -0.2) is 53.7 Å². The fraction of sp³-hybridized carbons (Fsp3) is 0.647. The average molecular weight is 352 g/mol. The van der Waals surface area contributed by atoms with E-state index in [1.807, 2.05) is 0 Å². The fourth-order valence-electron chi connectivity index (χ4n) is 2.45. The highest BCUT2D eigenvalue weighted by molar-refractivity contribution is 5.83. The molecule has 0 radical (unpaired) electrons. The summed E-state index contributed by atoms with van der Waals surface area (Å²) in [6.45, 7) is 0.264. The summed E-state index contributed by atoms with van der Waals surface area (Å²) in [6.07, 6.45) is 7.62. The lowest BCUT2D eigenvalue weighted by Gasteiger charge is -2.14. The number of nitrogens with one attached hydrogen (secondary N) is 2. The number of aryl methyl sites for hydroxylation is 1. The van der Waals surface area contributed by atoms with Crippen molar-refractivity contribution in [2.75, 3.05) is 20.3 Å². The van der Waals surface area contributed by atoms with E-state index in [1.54, 1.807) is 12.5 Å². The highest BCUT2D eigenvalue weighted by Crippen LogP contribution is 2.07. The number of amides is 1. The Morgan fingerprint density at radius 3 is 2.68 bits per heavy atom. The van der Waals surface area contributed by atoms with E-state index in [1.165, 1.54) is 7.11 Å². The first-order valence-electron chi connectivity index (χ1n) is 8.55. The van der Waals surface area contributed by atoms with Gasteiger partial charge in [0.1, 0.15) is 12.4 Å². The van der Waals surface area contributed by atoms with Gasteiger partial charge in [-0.05, 0) is 19.3 Å². The van der Waals surface area contributed by atoms with Crippen molar-refractivity contribution in [2.24, 2.45) is 5.73 Å². The standard InChI is InChI=1S/C17H28N4O4/c1-25-11-15(23)5-3-2-4-6-16(17(18)24)20-10-14(22)8-7-13-9-19-12-21-13/h9,12,16,20H,2-8,10-11H2,1H3,(H2,18,24)(H,19,21)/t16-/m0/s1. The van der Waals surface area contributed by atoms with Crippen molar-refractivity contribution in [3.8, 4) is 0 Å². The summed E-state index contributed by atoms with van der Waals surface area (Å²) in [6, 6.07) is -0.522. The molecule has 0 spiro atoms. The molecule has 1 rings (SSSR count). The number of rotatable bonds is 15. The zero-order valence-electron chi connectivity index (χ0n) is 14.8. The van der Waals surface area contributed by atoms with Crippen molar-refractivity contribution in [3.63, 3.8) is 0 Å². The van der Waals surface area contributed by atoms with Crippen LogP contribution in [0, 0.1) is 0 Å². The number of nitrogens with zero attached hydrogens (tertiary/aromatic N) is 1. The smallest absolute Gasteiger partial charge is 0.234 e. The van der Waals surface area contributed by atoms with Gasteiger partial charge in [0.05, 0.1) is 18.9 Å².